The molecule has 18 heteroatoms. The standard InChI is InChI=1S/2C12H18N2O.3C4H4O4/c2*15-12-6-5-11-14(12)10-4-3-9-13-7-1-2-8-13;3*5-3(6)1-2-4(7)8/h2*1-2,5-11H2;3*1-2H,(H,5,6)(H,7,8)/b;;3*2-1+. The van der Waals surface area contributed by atoms with Gasteiger partial charge in [0.05, 0.1) is 26.2 Å². The Morgan fingerprint density at radius 2 is 0.648 bits per heavy atom. The first-order chi connectivity index (χ1) is 25.6. The summed E-state index contributed by atoms with van der Waals surface area (Å²) in [5.41, 5.74) is 0. The highest BCUT2D eigenvalue weighted by atomic mass is 16.4. The molecule has 0 saturated carbocycles. The van der Waals surface area contributed by atoms with Crippen LogP contribution in [0.15, 0.2) is 36.5 Å². The van der Waals surface area contributed by atoms with Gasteiger partial charge >= 0.3 is 35.8 Å². The van der Waals surface area contributed by atoms with Crippen molar-refractivity contribution in [2.24, 2.45) is 0 Å². The van der Waals surface area contributed by atoms with Gasteiger partial charge in [0.15, 0.2) is 0 Å². The number of carbonyl (C=O) groups is 8. The van der Waals surface area contributed by atoms with E-state index in [1.165, 1.54) is 51.9 Å². The SMILES string of the molecule is O=C(O)/C=C/C(=O)O.O=C(O)/C=C/C(=O)O.O=C(O)/C=C/C(=O)O.O=C1CCCN1CC#CCN1CCCC1.O=C1CCCN1CC#CCN1CCCC1. The highest BCUT2D eigenvalue weighted by Gasteiger charge is 2.19. The molecular weight excluding hydrogens is 712 g/mol. The van der Waals surface area contributed by atoms with Crippen molar-refractivity contribution in [3.8, 4) is 23.7 Å². The minimum Gasteiger partial charge on any atom is -0.478 e. The van der Waals surface area contributed by atoms with Crippen molar-refractivity contribution in [3.05, 3.63) is 36.5 Å². The number of amides is 2. The van der Waals surface area contributed by atoms with Crippen molar-refractivity contribution < 1.29 is 69.0 Å². The average Bonchev–Trinajstić information content (AvgIpc) is 3.95. The van der Waals surface area contributed by atoms with Crippen LogP contribution in [0.2, 0.25) is 0 Å². The summed E-state index contributed by atoms with van der Waals surface area (Å²) in [6.07, 6.45) is 12.0. The smallest absolute Gasteiger partial charge is 0.328 e. The van der Waals surface area contributed by atoms with Crippen LogP contribution in [0.25, 0.3) is 0 Å². The lowest BCUT2D eigenvalue weighted by Gasteiger charge is -2.11. The molecule has 0 unspecified atom stereocenters. The van der Waals surface area contributed by atoms with Gasteiger partial charge in [-0.15, -0.1) is 0 Å². The highest BCUT2D eigenvalue weighted by Crippen LogP contribution is 2.09. The predicted octanol–water partition coefficient (Wildman–Crippen LogP) is 0.551. The van der Waals surface area contributed by atoms with E-state index < -0.39 is 35.8 Å². The zero-order valence-corrected chi connectivity index (χ0v) is 29.9. The summed E-state index contributed by atoms with van der Waals surface area (Å²) in [6.45, 7) is 9.58. The first-order valence-corrected chi connectivity index (χ1v) is 16.9. The van der Waals surface area contributed by atoms with Crippen molar-refractivity contribution in [2.75, 3.05) is 65.4 Å². The van der Waals surface area contributed by atoms with Crippen LogP contribution in [-0.2, 0) is 38.4 Å². The molecule has 4 aliphatic heterocycles. The molecule has 4 fully saturated rings. The minimum absolute atomic E-state index is 0.269. The molecule has 0 aliphatic carbocycles. The molecule has 4 saturated heterocycles. The summed E-state index contributed by atoms with van der Waals surface area (Å²) < 4.78 is 0. The second-order valence-electron chi connectivity index (χ2n) is 11.5. The summed E-state index contributed by atoms with van der Waals surface area (Å²) in [7, 11) is 0. The second-order valence-corrected chi connectivity index (χ2v) is 11.5. The Morgan fingerprint density at radius 1 is 0.407 bits per heavy atom. The Balaban J connectivity index is 0.000000677. The van der Waals surface area contributed by atoms with E-state index in [9.17, 15) is 38.4 Å². The maximum atomic E-state index is 11.3. The zero-order chi connectivity index (χ0) is 40.7. The van der Waals surface area contributed by atoms with E-state index >= 15 is 0 Å². The summed E-state index contributed by atoms with van der Waals surface area (Å²) in [5, 5.41) is 46.9. The van der Waals surface area contributed by atoms with Crippen LogP contribution in [0.3, 0.4) is 0 Å². The van der Waals surface area contributed by atoms with Crippen LogP contribution < -0.4 is 0 Å². The normalized spacial score (nSPS) is 16.4. The molecule has 6 N–H and O–H groups in total. The number of likely N-dealkylation sites (tertiary alicyclic amines) is 4. The van der Waals surface area contributed by atoms with Crippen LogP contribution in [-0.4, -0.2) is 163 Å². The van der Waals surface area contributed by atoms with Crippen LogP contribution in [0.5, 0.6) is 0 Å². The molecule has 0 bridgehead atoms. The number of carboxylic acids is 6. The molecule has 4 aliphatic rings. The van der Waals surface area contributed by atoms with Gasteiger partial charge in [0.25, 0.3) is 0 Å². The van der Waals surface area contributed by atoms with Crippen LogP contribution in [0.4, 0.5) is 0 Å². The fourth-order valence-corrected chi connectivity index (χ4v) is 4.69. The van der Waals surface area contributed by atoms with E-state index in [1.807, 2.05) is 9.80 Å². The molecule has 4 rings (SSSR count). The Hall–Kier alpha value is -5.98. The molecule has 4 heterocycles. The number of hydrogen-bond acceptors (Lipinski definition) is 10. The van der Waals surface area contributed by atoms with Gasteiger partial charge in [0.2, 0.25) is 11.8 Å². The number of hydrogen-bond donors (Lipinski definition) is 6. The number of rotatable bonds is 10. The van der Waals surface area contributed by atoms with Gasteiger partial charge in [0, 0.05) is 62.4 Å². The number of aliphatic carboxylic acids is 6. The molecule has 0 spiro atoms. The van der Waals surface area contributed by atoms with Gasteiger partial charge in [-0.3, -0.25) is 19.4 Å². The number of nitrogens with zero attached hydrogens (tertiary/aromatic N) is 4. The third kappa shape index (κ3) is 28.7. The van der Waals surface area contributed by atoms with Gasteiger partial charge < -0.3 is 40.4 Å². The fraction of sp³-hybridized carbons (Fsp3) is 0.500. The molecule has 54 heavy (non-hydrogen) atoms. The summed E-state index contributed by atoms with van der Waals surface area (Å²) in [6, 6.07) is 0. The van der Waals surface area contributed by atoms with Crippen molar-refractivity contribution in [3.63, 3.8) is 0 Å². The first kappa shape index (κ1) is 48.0. The molecule has 0 atom stereocenters. The van der Waals surface area contributed by atoms with E-state index in [0.717, 1.165) is 39.0 Å². The molecule has 296 valence electrons. The van der Waals surface area contributed by atoms with Gasteiger partial charge in [-0.2, -0.15) is 0 Å². The summed E-state index contributed by atoms with van der Waals surface area (Å²) >= 11 is 0. The predicted molar refractivity (Wildman–Crippen MR) is 192 cm³/mol. The Bertz CT molecular complexity index is 1300. The van der Waals surface area contributed by atoms with Gasteiger partial charge in [-0.05, 0) is 64.7 Å². The van der Waals surface area contributed by atoms with Crippen LogP contribution in [0, 0.1) is 23.7 Å². The summed E-state index contributed by atoms with van der Waals surface area (Å²) in [4.78, 5) is 88.3. The van der Waals surface area contributed by atoms with Gasteiger partial charge in [-0.25, -0.2) is 28.8 Å². The topological polar surface area (TPSA) is 271 Å². The minimum atomic E-state index is -1.26. The third-order valence-corrected chi connectivity index (χ3v) is 7.24. The van der Waals surface area contributed by atoms with E-state index in [4.69, 9.17) is 30.6 Å². The van der Waals surface area contributed by atoms with E-state index in [0.29, 0.717) is 62.4 Å². The first-order valence-electron chi connectivity index (χ1n) is 16.9. The van der Waals surface area contributed by atoms with E-state index in [-0.39, 0.29) is 11.8 Å². The number of carbonyl (C=O) groups excluding carboxylic acids is 2. The molecule has 0 aromatic carbocycles. The highest BCUT2D eigenvalue weighted by molar-refractivity contribution is 5.90. The summed E-state index contributed by atoms with van der Waals surface area (Å²) in [5.74, 6) is 5.51. The zero-order valence-electron chi connectivity index (χ0n) is 29.9. The molecule has 0 aromatic rings. The van der Waals surface area contributed by atoms with E-state index in [2.05, 4.69) is 33.5 Å². The Kier molecular flexibility index (Phi) is 26.3. The molecule has 0 aromatic heterocycles. The van der Waals surface area contributed by atoms with Crippen LogP contribution >= 0.6 is 0 Å². The molecule has 18 nitrogen and oxygen atoms in total. The van der Waals surface area contributed by atoms with Gasteiger partial charge in [-0.1, -0.05) is 23.7 Å². The average molecular weight is 761 g/mol. The largest absolute Gasteiger partial charge is 0.478 e. The lowest BCUT2D eigenvalue weighted by atomic mass is 10.4. The second kappa shape index (κ2) is 29.6. The van der Waals surface area contributed by atoms with Crippen molar-refractivity contribution in [1.29, 1.82) is 0 Å². The van der Waals surface area contributed by atoms with Gasteiger partial charge in [0.1, 0.15) is 0 Å². The van der Waals surface area contributed by atoms with Crippen molar-refractivity contribution in [2.45, 2.75) is 51.4 Å². The van der Waals surface area contributed by atoms with Crippen molar-refractivity contribution in [1.82, 2.24) is 19.6 Å². The fourth-order valence-electron chi connectivity index (χ4n) is 4.69. The van der Waals surface area contributed by atoms with Crippen molar-refractivity contribution >= 4 is 47.6 Å². The molecular formula is C36H48N4O14. The lowest BCUT2D eigenvalue weighted by Crippen LogP contribution is -2.25. The Morgan fingerprint density at radius 3 is 0.852 bits per heavy atom. The van der Waals surface area contributed by atoms with Crippen LogP contribution in [0.1, 0.15) is 51.4 Å². The maximum absolute atomic E-state index is 11.3. The Labute approximate surface area is 313 Å². The third-order valence-electron chi connectivity index (χ3n) is 7.24. The quantitative estimate of drug-likeness (QED) is 0.131. The monoisotopic (exact) mass is 760 g/mol. The van der Waals surface area contributed by atoms with E-state index in [1.54, 1.807) is 0 Å². The lowest BCUT2D eigenvalue weighted by molar-refractivity contribution is -0.134. The molecule has 2 amide bonds. The molecule has 0 radical (unpaired) electrons. The maximum Gasteiger partial charge on any atom is 0.328 e. The number of carboxylic acid groups (broad SMARTS) is 6.